The van der Waals surface area contributed by atoms with Crippen molar-refractivity contribution in [3.8, 4) is 5.75 Å². The number of ether oxygens (including phenoxy) is 1. The zero-order chi connectivity index (χ0) is 14.6. The maximum absolute atomic E-state index is 12.6. The average molecular weight is 287 g/mol. The number of halogens is 3. The van der Waals surface area contributed by atoms with Crippen LogP contribution in [-0.4, -0.2) is 63.2 Å². The molecular weight excluding hydrogens is 268 g/mol. The minimum atomic E-state index is -4.96. The van der Waals surface area contributed by atoms with Crippen LogP contribution in [0.25, 0.3) is 0 Å². The van der Waals surface area contributed by atoms with Gasteiger partial charge in [-0.2, -0.15) is 0 Å². The van der Waals surface area contributed by atoms with E-state index < -0.39 is 12.4 Å². The number of benzene rings is 1. The van der Waals surface area contributed by atoms with Crippen molar-refractivity contribution in [1.29, 1.82) is 0 Å². The molecule has 0 spiro atoms. The number of rotatable bonds is 5. The van der Waals surface area contributed by atoms with E-state index in [1.165, 1.54) is 6.07 Å². The summed E-state index contributed by atoms with van der Waals surface area (Å²) in [6.07, 6.45) is 0. The molecule has 3 nitrogen and oxygen atoms in total. The lowest BCUT2D eigenvalue weighted by atomic mass is 9.80. The van der Waals surface area contributed by atoms with Gasteiger partial charge in [0.1, 0.15) is 12.4 Å². The quantitative estimate of drug-likeness (QED) is 0.761. The Morgan fingerprint density at radius 2 is 1.85 bits per heavy atom. The molecule has 0 saturated carbocycles. The molecule has 1 heterocycles. The molecule has 20 heavy (non-hydrogen) atoms. The van der Waals surface area contributed by atoms with Gasteiger partial charge in [0.2, 0.25) is 0 Å². The van der Waals surface area contributed by atoms with E-state index in [1.54, 1.807) is 6.07 Å². The van der Waals surface area contributed by atoms with Gasteiger partial charge in [0, 0.05) is 32.7 Å². The molecular formula is C13H19BF3N2O-. The van der Waals surface area contributed by atoms with E-state index in [4.69, 9.17) is 4.74 Å². The van der Waals surface area contributed by atoms with Crippen LogP contribution >= 0.6 is 0 Å². The summed E-state index contributed by atoms with van der Waals surface area (Å²) in [4.78, 5) is 4.52. The van der Waals surface area contributed by atoms with Gasteiger partial charge >= 0.3 is 6.98 Å². The monoisotopic (exact) mass is 287 g/mol. The van der Waals surface area contributed by atoms with Crippen molar-refractivity contribution in [3.05, 3.63) is 24.3 Å². The van der Waals surface area contributed by atoms with Crippen LogP contribution in [0.4, 0.5) is 12.9 Å². The molecule has 2 rings (SSSR count). The molecule has 112 valence electrons. The zero-order valence-electron chi connectivity index (χ0n) is 11.6. The van der Waals surface area contributed by atoms with Crippen molar-refractivity contribution in [1.82, 2.24) is 9.80 Å². The molecule has 0 N–H and O–H groups in total. The van der Waals surface area contributed by atoms with Crippen LogP contribution in [0.15, 0.2) is 24.3 Å². The summed E-state index contributed by atoms with van der Waals surface area (Å²) in [5.41, 5.74) is -0.609. The molecule has 1 fully saturated rings. The highest BCUT2D eigenvalue weighted by molar-refractivity contribution is 6.73. The van der Waals surface area contributed by atoms with Gasteiger partial charge < -0.3 is 22.6 Å². The maximum atomic E-state index is 12.6. The van der Waals surface area contributed by atoms with Crippen molar-refractivity contribution in [2.45, 2.75) is 0 Å². The van der Waals surface area contributed by atoms with Crippen LogP contribution in [0.3, 0.4) is 0 Å². The highest BCUT2D eigenvalue weighted by atomic mass is 19.4. The molecule has 1 saturated heterocycles. The van der Waals surface area contributed by atoms with Gasteiger partial charge in [-0.05, 0) is 19.2 Å². The van der Waals surface area contributed by atoms with Crippen LogP contribution in [-0.2, 0) is 0 Å². The third-order valence-electron chi connectivity index (χ3n) is 3.51. The zero-order valence-corrected chi connectivity index (χ0v) is 11.6. The minimum absolute atomic E-state index is 0.288. The molecule has 1 aliphatic heterocycles. The van der Waals surface area contributed by atoms with Crippen molar-refractivity contribution in [3.63, 3.8) is 0 Å². The summed E-state index contributed by atoms with van der Waals surface area (Å²) >= 11 is 0. The van der Waals surface area contributed by atoms with Crippen molar-refractivity contribution in [2.24, 2.45) is 0 Å². The normalized spacial score (nSPS) is 18.2. The van der Waals surface area contributed by atoms with E-state index >= 15 is 0 Å². The lowest BCUT2D eigenvalue weighted by Gasteiger charge is -2.32. The van der Waals surface area contributed by atoms with Crippen LogP contribution in [0.5, 0.6) is 5.75 Å². The summed E-state index contributed by atoms with van der Waals surface area (Å²) in [7, 11) is 2.08. The first-order valence-electron chi connectivity index (χ1n) is 6.79. The Balaban J connectivity index is 1.79. The standard InChI is InChI=1S/C13H19BF3N2O/c1-18-5-7-19(8-6-18)9-10-20-13-4-2-3-12(11-13)14(15,16)17/h2-4,11H,5-10H2,1H3/q-1. The minimum Gasteiger partial charge on any atom is -0.492 e. The number of likely N-dealkylation sites (N-methyl/N-ethyl adjacent to an activating group) is 1. The summed E-state index contributed by atoms with van der Waals surface area (Å²) in [5, 5.41) is 0. The smallest absolute Gasteiger partial charge is 0.492 e. The Kier molecular flexibility index (Phi) is 4.93. The van der Waals surface area contributed by atoms with Gasteiger partial charge in [0.15, 0.2) is 0 Å². The van der Waals surface area contributed by atoms with Gasteiger partial charge in [-0.25, -0.2) is 0 Å². The Bertz CT molecular complexity index is 434. The first kappa shape index (κ1) is 15.2. The largest absolute Gasteiger partial charge is 0.509 e. The average Bonchev–Trinajstić information content (AvgIpc) is 2.40. The third kappa shape index (κ3) is 4.42. The Morgan fingerprint density at radius 1 is 1.15 bits per heavy atom. The van der Waals surface area contributed by atoms with E-state index in [9.17, 15) is 12.9 Å². The van der Waals surface area contributed by atoms with E-state index in [2.05, 4.69) is 16.8 Å². The Hall–Kier alpha value is -1.21. The lowest BCUT2D eigenvalue weighted by molar-refractivity contribution is 0.134. The molecule has 1 aromatic rings. The molecule has 0 atom stereocenters. The van der Waals surface area contributed by atoms with Crippen LogP contribution in [0.2, 0.25) is 0 Å². The molecule has 0 radical (unpaired) electrons. The molecule has 0 amide bonds. The van der Waals surface area contributed by atoms with E-state index in [0.717, 1.165) is 44.9 Å². The second kappa shape index (κ2) is 6.50. The van der Waals surface area contributed by atoms with Gasteiger partial charge in [0.25, 0.3) is 0 Å². The van der Waals surface area contributed by atoms with E-state index in [1.807, 2.05) is 0 Å². The maximum Gasteiger partial charge on any atom is 0.509 e. The Labute approximate surface area is 117 Å². The van der Waals surface area contributed by atoms with Crippen molar-refractivity contribution < 1.29 is 17.7 Å². The molecule has 0 unspecified atom stereocenters. The molecule has 0 aromatic heterocycles. The lowest BCUT2D eigenvalue weighted by Crippen LogP contribution is -2.45. The number of hydrogen-bond acceptors (Lipinski definition) is 3. The number of hydrogen-bond donors (Lipinski definition) is 0. The van der Waals surface area contributed by atoms with E-state index in [-0.39, 0.29) is 5.75 Å². The topological polar surface area (TPSA) is 15.7 Å². The predicted octanol–water partition coefficient (Wildman–Crippen LogP) is 1.37. The predicted molar refractivity (Wildman–Crippen MR) is 74.6 cm³/mol. The molecule has 0 aliphatic carbocycles. The first-order chi connectivity index (χ1) is 9.45. The SMILES string of the molecule is CN1CCN(CCOc2cccc([B-](F)(F)F)c2)CC1. The third-order valence-corrected chi connectivity index (χ3v) is 3.51. The second-order valence-corrected chi connectivity index (χ2v) is 5.14. The van der Waals surface area contributed by atoms with Gasteiger partial charge in [-0.1, -0.05) is 12.1 Å². The van der Waals surface area contributed by atoms with Gasteiger partial charge in [-0.15, -0.1) is 5.46 Å². The highest BCUT2D eigenvalue weighted by Crippen LogP contribution is 2.14. The molecule has 1 aromatic carbocycles. The van der Waals surface area contributed by atoms with Crippen molar-refractivity contribution in [2.75, 3.05) is 46.4 Å². The van der Waals surface area contributed by atoms with Gasteiger partial charge in [0.05, 0.1) is 0 Å². The fourth-order valence-electron chi connectivity index (χ4n) is 2.17. The fraction of sp³-hybridized carbons (Fsp3) is 0.538. The van der Waals surface area contributed by atoms with Crippen molar-refractivity contribution >= 4 is 12.4 Å². The fourth-order valence-corrected chi connectivity index (χ4v) is 2.17. The Morgan fingerprint density at radius 3 is 2.50 bits per heavy atom. The van der Waals surface area contributed by atoms with Crippen LogP contribution < -0.4 is 10.2 Å². The highest BCUT2D eigenvalue weighted by Gasteiger charge is 2.25. The van der Waals surface area contributed by atoms with Crippen LogP contribution in [0.1, 0.15) is 0 Å². The summed E-state index contributed by atoms with van der Waals surface area (Å²) < 4.78 is 43.3. The first-order valence-corrected chi connectivity index (χ1v) is 6.79. The molecule has 0 bridgehead atoms. The van der Waals surface area contributed by atoms with Gasteiger partial charge in [-0.3, -0.25) is 4.90 Å². The molecule has 7 heteroatoms. The second-order valence-electron chi connectivity index (χ2n) is 5.14. The molecule has 1 aliphatic rings. The van der Waals surface area contributed by atoms with E-state index in [0.29, 0.717) is 6.61 Å². The summed E-state index contributed by atoms with van der Waals surface area (Å²) in [6, 6.07) is 5.10. The van der Waals surface area contributed by atoms with Crippen LogP contribution in [0, 0.1) is 0 Å². The summed E-state index contributed by atoms with van der Waals surface area (Å²) in [6.45, 7) is 0.195. The number of nitrogens with zero attached hydrogens (tertiary/aromatic N) is 2. The summed E-state index contributed by atoms with van der Waals surface area (Å²) in [5.74, 6) is 0.288. The number of piperazine rings is 1.